The van der Waals surface area contributed by atoms with Crippen molar-refractivity contribution in [3.05, 3.63) is 29.8 Å². The van der Waals surface area contributed by atoms with Gasteiger partial charge in [0.2, 0.25) is 5.91 Å². The third-order valence-electron chi connectivity index (χ3n) is 3.93. The zero-order valence-electron chi connectivity index (χ0n) is 14.8. The highest BCUT2D eigenvalue weighted by atomic mass is 16.5. The lowest BCUT2D eigenvalue weighted by molar-refractivity contribution is -0.112. The summed E-state index contributed by atoms with van der Waals surface area (Å²) in [5.41, 5.74) is 2.70. The van der Waals surface area contributed by atoms with Crippen molar-refractivity contribution in [2.45, 2.75) is 46.1 Å². The lowest BCUT2D eigenvalue weighted by atomic mass is 10.1. The summed E-state index contributed by atoms with van der Waals surface area (Å²) in [4.78, 5) is 14.2. The van der Waals surface area contributed by atoms with Gasteiger partial charge in [0.25, 0.3) is 0 Å². The second-order valence-corrected chi connectivity index (χ2v) is 6.46. The minimum absolute atomic E-state index is 0.148. The molecule has 1 aromatic rings. The van der Waals surface area contributed by atoms with E-state index in [1.807, 2.05) is 32.0 Å². The van der Waals surface area contributed by atoms with E-state index >= 15 is 0 Å². The second-order valence-electron chi connectivity index (χ2n) is 6.46. The summed E-state index contributed by atoms with van der Waals surface area (Å²) in [6, 6.07) is 5.86. The Morgan fingerprint density at radius 1 is 1.38 bits per heavy atom. The molecule has 132 valence electrons. The fourth-order valence-electron chi connectivity index (χ4n) is 2.70. The highest BCUT2D eigenvalue weighted by Crippen LogP contribution is 2.31. The van der Waals surface area contributed by atoms with Crippen molar-refractivity contribution in [3.63, 3.8) is 0 Å². The summed E-state index contributed by atoms with van der Waals surface area (Å²) >= 11 is 0. The van der Waals surface area contributed by atoms with Crippen LogP contribution in [0.3, 0.4) is 0 Å². The molecule has 0 unspecified atom stereocenters. The van der Waals surface area contributed by atoms with Gasteiger partial charge >= 0.3 is 0 Å². The average Bonchev–Trinajstić information content (AvgIpc) is 2.54. The van der Waals surface area contributed by atoms with Crippen molar-refractivity contribution in [1.82, 2.24) is 0 Å². The number of anilines is 2. The number of piperidine rings is 1. The third-order valence-corrected chi connectivity index (χ3v) is 3.93. The Kier molecular flexibility index (Phi) is 6.67. The lowest BCUT2D eigenvalue weighted by Crippen LogP contribution is -2.35. The minimum atomic E-state index is -0.195. The van der Waals surface area contributed by atoms with Gasteiger partial charge in [0, 0.05) is 30.9 Å². The number of amides is 1. The van der Waals surface area contributed by atoms with E-state index in [0.29, 0.717) is 18.0 Å². The molecule has 5 nitrogen and oxygen atoms in total. The molecule has 1 heterocycles. The zero-order valence-corrected chi connectivity index (χ0v) is 14.8. The highest BCUT2D eigenvalue weighted by Gasteiger charge is 2.18. The number of benzene rings is 1. The van der Waals surface area contributed by atoms with E-state index in [1.54, 1.807) is 6.08 Å². The molecule has 0 spiro atoms. The van der Waals surface area contributed by atoms with E-state index in [1.165, 1.54) is 0 Å². The second kappa shape index (κ2) is 8.73. The molecule has 5 heteroatoms. The SMILES string of the molecule is CCCOc1cc(N2CCC(O)CC2)ccc1NC(=O)C=C(C)C. The normalized spacial score (nSPS) is 15.1. The van der Waals surface area contributed by atoms with Gasteiger partial charge in [-0.1, -0.05) is 12.5 Å². The summed E-state index contributed by atoms with van der Waals surface area (Å²) in [7, 11) is 0. The van der Waals surface area contributed by atoms with Crippen LogP contribution in [0.25, 0.3) is 0 Å². The van der Waals surface area contributed by atoms with Gasteiger partial charge in [-0.25, -0.2) is 0 Å². The van der Waals surface area contributed by atoms with Crippen LogP contribution in [0.15, 0.2) is 29.8 Å². The molecule has 1 aliphatic heterocycles. The van der Waals surface area contributed by atoms with Gasteiger partial charge in [-0.05, 0) is 45.2 Å². The largest absolute Gasteiger partial charge is 0.491 e. The number of aliphatic hydroxyl groups excluding tert-OH is 1. The number of allylic oxidation sites excluding steroid dienone is 1. The number of nitrogens with one attached hydrogen (secondary N) is 1. The van der Waals surface area contributed by atoms with Crippen LogP contribution in [-0.2, 0) is 4.79 Å². The number of nitrogens with zero attached hydrogens (tertiary/aromatic N) is 1. The van der Waals surface area contributed by atoms with Crippen molar-refractivity contribution < 1.29 is 14.6 Å². The first kappa shape index (κ1) is 18.3. The maximum absolute atomic E-state index is 12.0. The van der Waals surface area contributed by atoms with Gasteiger partial charge < -0.3 is 20.1 Å². The molecule has 2 N–H and O–H groups in total. The monoisotopic (exact) mass is 332 g/mol. The number of hydrogen-bond donors (Lipinski definition) is 2. The van der Waals surface area contributed by atoms with Crippen LogP contribution in [0.4, 0.5) is 11.4 Å². The van der Waals surface area contributed by atoms with Crippen LogP contribution in [0.5, 0.6) is 5.75 Å². The van der Waals surface area contributed by atoms with E-state index in [-0.39, 0.29) is 12.0 Å². The van der Waals surface area contributed by atoms with Crippen LogP contribution in [-0.4, -0.2) is 36.8 Å². The fourth-order valence-corrected chi connectivity index (χ4v) is 2.70. The van der Waals surface area contributed by atoms with E-state index in [0.717, 1.165) is 43.6 Å². The molecular weight excluding hydrogens is 304 g/mol. The molecule has 1 fully saturated rings. The first-order chi connectivity index (χ1) is 11.5. The molecule has 0 radical (unpaired) electrons. The first-order valence-electron chi connectivity index (χ1n) is 8.65. The molecule has 0 atom stereocenters. The first-order valence-corrected chi connectivity index (χ1v) is 8.65. The highest BCUT2D eigenvalue weighted by molar-refractivity contribution is 6.00. The van der Waals surface area contributed by atoms with E-state index in [2.05, 4.69) is 17.1 Å². The Bertz CT molecular complexity index is 586. The van der Waals surface area contributed by atoms with Crippen molar-refractivity contribution >= 4 is 17.3 Å². The number of rotatable bonds is 6. The Hall–Kier alpha value is -2.01. The van der Waals surface area contributed by atoms with Gasteiger partial charge in [-0.15, -0.1) is 0 Å². The van der Waals surface area contributed by atoms with Crippen LogP contribution in [0.2, 0.25) is 0 Å². The van der Waals surface area contributed by atoms with Crippen LogP contribution >= 0.6 is 0 Å². The number of hydrogen-bond acceptors (Lipinski definition) is 4. The van der Waals surface area contributed by atoms with Crippen molar-refractivity contribution in [2.75, 3.05) is 29.9 Å². The van der Waals surface area contributed by atoms with Crippen LogP contribution in [0, 0.1) is 0 Å². The average molecular weight is 332 g/mol. The van der Waals surface area contributed by atoms with E-state index in [4.69, 9.17) is 4.74 Å². The fraction of sp³-hybridized carbons (Fsp3) is 0.526. The van der Waals surface area contributed by atoms with Crippen molar-refractivity contribution in [2.24, 2.45) is 0 Å². The number of carbonyl (C=O) groups is 1. The standard InChI is InChI=1S/C19H28N2O3/c1-4-11-24-18-13-15(21-9-7-16(22)8-10-21)5-6-17(18)20-19(23)12-14(2)3/h5-6,12-13,16,22H,4,7-11H2,1-3H3,(H,20,23). The molecular formula is C19H28N2O3. The molecule has 0 aliphatic carbocycles. The van der Waals surface area contributed by atoms with Gasteiger partial charge in [-0.2, -0.15) is 0 Å². The molecule has 0 saturated carbocycles. The van der Waals surface area contributed by atoms with Crippen molar-refractivity contribution in [3.8, 4) is 5.75 Å². The van der Waals surface area contributed by atoms with E-state index in [9.17, 15) is 9.90 Å². The summed E-state index contributed by atoms with van der Waals surface area (Å²) < 4.78 is 5.83. The Labute approximate surface area is 144 Å². The van der Waals surface area contributed by atoms with Gasteiger partial charge in [0.15, 0.2) is 0 Å². The predicted molar refractivity (Wildman–Crippen MR) is 97.7 cm³/mol. The summed E-state index contributed by atoms with van der Waals surface area (Å²) in [6.45, 7) is 8.10. The molecule has 1 aromatic carbocycles. The predicted octanol–water partition coefficient (Wildman–Crippen LogP) is 3.34. The quantitative estimate of drug-likeness (QED) is 0.784. The Morgan fingerprint density at radius 3 is 2.71 bits per heavy atom. The summed E-state index contributed by atoms with van der Waals surface area (Å²) in [5.74, 6) is 0.543. The van der Waals surface area contributed by atoms with Crippen LogP contribution < -0.4 is 15.0 Å². The molecule has 1 saturated heterocycles. The van der Waals surface area contributed by atoms with E-state index < -0.39 is 0 Å². The number of ether oxygens (including phenoxy) is 1. The molecule has 1 amide bonds. The van der Waals surface area contributed by atoms with Gasteiger partial charge in [0.05, 0.1) is 18.4 Å². The lowest BCUT2D eigenvalue weighted by Gasteiger charge is -2.32. The molecule has 2 rings (SSSR count). The molecule has 1 aliphatic rings. The molecule has 24 heavy (non-hydrogen) atoms. The maximum Gasteiger partial charge on any atom is 0.248 e. The third kappa shape index (κ3) is 5.27. The van der Waals surface area contributed by atoms with Gasteiger partial charge in [-0.3, -0.25) is 4.79 Å². The minimum Gasteiger partial charge on any atom is -0.491 e. The number of carbonyl (C=O) groups excluding carboxylic acids is 1. The summed E-state index contributed by atoms with van der Waals surface area (Å²) in [5, 5.41) is 12.5. The van der Waals surface area contributed by atoms with Gasteiger partial charge in [0.1, 0.15) is 5.75 Å². The molecule has 0 bridgehead atoms. The van der Waals surface area contributed by atoms with Crippen LogP contribution in [0.1, 0.15) is 40.0 Å². The maximum atomic E-state index is 12.0. The Morgan fingerprint density at radius 2 is 2.08 bits per heavy atom. The smallest absolute Gasteiger partial charge is 0.248 e. The topological polar surface area (TPSA) is 61.8 Å². The Balaban J connectivity index is 2.18. The molecule has 0 aromatic heterocycles. The number of aliphatic hydroxyl groups is 1. The van der Waals surface area contributed by atoms with Crippen molar-refractivity contribution in [1.29, 1.82) is 0 Å². The summed E-state index contributed by atoms with van der Waals surface area (Å²) in [6.07, 6.45) is 3.85. The zero-order chi connectivity index (χ0) is 17.5.